The summed E-state index contributed by atoms with van der Waals surface area (Å²) in [5.74, 6) is 0.846. The fourth-order valence-corrected chi connectivity index (χ4v) is 5.16. The minimum absolute atomic E-state index is 0.0910. The average Bonchev–Trinajstić information content (AvgIpc) is 3.28. The Balaban J connectivity index is 1.64. The summed E-state index contributed by atoms with van der Waals surface area (Å²) in [5.41, 5.74) is 0. The number of hydrogen-bond acceptors (Lipinski definition) is 6. The van der Waals surface area contributed by atoms with Crippen molar-refractivity contribution in [2.75, 3.05) is 40.8 Å². The predicted octanol–water partition coefficient (Wildman–Crippen LogP) is 2.11. The van der Waals surface area contributed by atoms with Gasteiger partial charge < -0.3 is 14.5 Å². The maximum atomic E-state index is 13.0. The molecule has 164 valence electrons. The summed E-state index contributed by atoms with van der Waals surface area (Å²) in [6, 6.07) is 9.91. The summed E-state index contributed by atoms with van der Waals surface area (Å²) in [6.45, 7) is 0.972. The molecule has 8 nitrogen and oxygen atoms in total. The molecule has 9 heteroatoms. The normalized spacial score (nSPS) is 18.9. The molecule has 0 aliphatic carbocycles. The van der Waals surface area contributed by atoms with Gasteiger partial charge in [-0.2, -0.15) is 4.31 Å². The van der Waals surface area contributed by atoms with E-state index in [4.69, 9.17) is 9.15 Å². The van der Waals surface area contributed by atoms with Crippen LogP contribution in [0.25, 0.3) is 0 Å². The van der Waals surface area contributed by atoms with Gasteiger partial charge >= 0.3 is 0 Å². The van der Waals surface area contributed by atoms with Crippen molar-refractivity contribution in [1.29, 1.82) is 0 Å². The van der Waals surface area contributed by atoms with E-state index >= 15 is 0 Å². The second-order valence-electron chi connectivity index (χ2n) is 7.62. The van der Waals surface area contributed by atoms with Crippen LogP contribution in [0.3, 0.4) is 0 Å². The van der Waals surface area contributed by atoms with Gasteiger partial charge in [-0.05, 0) is 63.3 Å². The molecule has 2 heterocycles. The molecule has 2 aromatic rings. The van der Waals surface area contributed by atoms with Gasteiger partial charge in [-0.3, -0.25) is 9.69 Å². The first-order chi connectivity index (χ1) is 14.3. The minimum Gasteiger partial charge on any atom is -0.497 e. The average molecular weight is 436 g/mol. The zero-order valence-electron chi connectivity index (χ0n) is 17.6. The Morgan fingerprint density at radius 3 is 2.63 bits per heavy atom. The first-order valence-electron chi connectivity index (χ1n) is 9.94. The maximum absolute atomic E-state index is 13.0. The summed E-state index contributed by atoms with van der Waals surface area (Å²) in [5, 5.41) is 2.97. The number of carbonyl (C=O) groups excluding carboxylic acids is 1. The number of piperidine rings is 1. The number of rotatable bonds is 8. The number of carbonyl (C=O) groups is 1. The quantitative estimate of drug-likeness (QED) is 0.683. The molecule has 1 fully saturated rings. The number of amides is 1. The largest absolute Gasteiger partial charge is 0.497 e. The lowest BCUT2D eigenvalue weighted by molar-refractivity contribution is -0.126. The SMILES string of the molecule is COc1ccc(S(=O)(=O)N2CCCC(C(=O)NCC(c3ccco3)N(C)C)C2)cc1. The van der Waals surface area contributed by atoms with Crippen LogP contribution >= 0.6 is 0 Å². The Kier molecular flexibility index (Phi) is 7.17. The fraction of sp³-hybridized carbons (Fsp3) is 0.476. The highest BCUT2D eigenvalue weighted by Gasteiger charge is 2.33. The molecule has 1 N–H and O–H groups in total. The van der Waals surface area contributed by atoms with E-state index in [1.54, 1.807) is 18.4 Å². The molecule has 1 amide bonds. The molecule has 1 aliphatic rings. The molecule has 0 spiro atoms. The summed E-state index contributed by atoms with van der Waals surface area (Å²) in [7, 11) is 1.71. The topological polar surface area (TPSA) is 92.1 Å². The molecule has 30 heavy (non-hydrogen) atoms. The fourth-order valence-electron chi connectivity index (χ4n) is 3.63. The molecule has 1 saturated heterocycles. The van der Waals surface area contributed by atoms with Crippen LogP contribution in [0.1, 0.15) is 24.6 Å². The molecular weight excluding hydrogens is 406 g/mol. The summed E-state index contributed by atoms with van der Waals surface area (Å²) >= 11 is 0. The lowest BCUT2D eigenvalue weighted by atomic mass is 9.98. The number of ether oxygens (including phenoxy) is 1. The van der Waals surface area contributed by atoms with Gasteiger partial charge in [-0.15, -0.1) is 0 Å². The Labute approximate surface area is 177 Å². The van der Waals surface area contributed by atoms with Gasteiger partial charge in [0.05, 0.1) is 30.2 Å². The maximum Gasteiger partial charge on any atom is 0.243 e. The lowest BCUT2D eigenvalue weighted by Gasteiger charge is -2.32. The lowest BCUT2D eigenvalue weighted by Crippen LogP contribution is -2.46. The molecule has 0 radical (unpaired) electrons. The Morgan fingerprint density at radius 1 is 1.30 bits per heavy atom. The van der Waals surface area contributed by atoms with Crippen molar-refractivity contribution >= 4 is 15.9 Å². The van der Waals surface area contributed by atoms with Gasteiger partial charge in [-0.25, -0.2) is 8.42 Å². The van der Waals surface area contributed by atoms with Crippen LogP contribution in [0.5, 0.6) is 5.75 Å². The Hall–Kier alpha value is -2.36. The number of nitrogens with one attached hydrogen (secondary N) is 1. The van der Waals surface area contributed by atoms with Crippen molar-refractivity contribution in [1.82, 2.24) is 14.5 Å². The van der Waals surface area contributed by atoms with Gasteiger partial charge in [0.2, 0.25) is 15.9 Å². The number of furan rings is 1. The van der Waals surface area contributed by atoms with E-state index in [1.807, 2.05) is 31.1 Å². The number of benzene rings is 1. The van der Waals surface area contributed by atoms with Crippen LogP contribution in [-0.2, 0) is 14.8 Å². The Morgan fingerprint density at radius 2 is 2.03 bits per heavy atom. The van der Waals surface area contributed by atoms with Crippen molar-refractivity contribution in [3.05, 3.63) is 48.4 Å². The van der Waals surface area contributed by atoms with Gasteiger partial charge in [0.1, 0.15) is 11.5 Å². The molecule has 1 aromatic heterocycles. The smallest absolute Gasteiger partial charge is 0.243 e. The second kappa shape index (κ2) is 9.63. The highest BCUT2D eigenvalue weighted by atomic mass is 32.2. The van der Waals surface area contributed by atoms with Gasteiger partial charge in [0, 0.05) is 19.6 Å². The van der Waals surface area contributed by atoms with Gasteiger partial charge in [-0.1, -0.05) is 0 Å². The van der Waals surface area contributed by atoms with Crippen LogP contribution in [0.2, 0.25) is 0 Å². The standard InChI is InChI=1S/C21H29N3O5S/c1-23(2)19(20-7-5-13-29-20)14-22-21(25)16-6-4-12-24(15-16)30(26,27)18-10-8-17(28-3)9-11-18/h5,7-11,13,16,19H,4,6,12,14-15H2,1-3H3,(H,22,25). The highest BCUT2D eigenvalue weighted by molar-refractivity contribution is 7.89. The van der Waals surface area contributed by atoms with Crippen molar-refractivity contribution in [2.24, 2.45) is 5.92 Å². The van der Waals surface area contributed by atoms with E-state index in [1.165, 1.54) is 23.5 Å². The molecule has 2 unspecified atom stereocenters. The number of methoxy groups -OCH3 is 1. The van der Waals surface area contributed by atoms with Crippen LogP contribution < -0.4 is 10.1 Å². The van der Waals surface area contributed by atoms with Crippen molar-refractivity contribution in [3.63, 3.8) is 0 Å². The third-order valence-electron chi connectivity index (χ3n) is 5.42. The van der Waals surface area contributed by atoms with Crippen LogP contribution in [-0.4, -0.2) is 64.4 Å². The van der Waals surface area contributed by atoms with E-state index in [2.05, 4.69) is 5.32 Å². The van der Waals surface area contributed by atoms with E-state index in [9.17, 15) is 13.2 Å². The minimum atomic E-state index is -3.66. The molecule has 0 bridgehead atoms. The number of likely N-dealkylation sites (N-methyl/N-ethyl adjacent to an activating group) is 1. The third kappa shape index (κ3) is 5.03. The number of hydrogen-bond donors (Lipinski definition) is 1. The van der Waals surface area contributed by atoms with E-state index < -0.39 is 10.0 Å². The molecule has 3 rings (SSSR count). The third-order valence-corrected chi connectivity index (χ3v) is 7.30. The zero-order chi connectivity index (χ0) is 21.7. The van der Waals surface area contributed by atoms with Crippen LogP contribution in [0, 0.1) is 5.92 Å². The highest BCUT2D eigenvalue weighted by Crippen LogP contribution is 2.25. The molecule has 2 atom stereocenters. The van der Waals surface area contributed by atoms with E-state index in [0.29, 0.717) is 31.7 Å². The monoisotopic (exact) mass is 435 g/mol. The van der Waals surface area contributed by atoms with Crippen molar-refractivity contribution in [3.8, 4) is 5.75 Å². The first kappa shape index (κ1) is 22.3. The van der Waals surface area contributed by atoms with E-state index in [0.717, 1.165) is 5.76 Å². The van der Waals surface area contributed by atoms with Crippen LogP contribution in [0.15, 0.2) is 52.0 Å². The summed E-state index contributed by atoms with van der Waals surface area (Å²) < 4.78 is 38.0. The zero-order valence-corrected chi connectivity index (χ0v) is 18.4. The molecule has 1 aromatic carbocycles. The summed E-state index contributed by atoms with van der Waals surface area (Å²) in [6.07, 6.45) is 2.91. The first-order valence-corrected chi connectivity index (χ1v) is 11.4. The molecular formula is C21H29N3O5S. The molecule has 0 saturated carbocycles. The van der Waals surface area contributed by atoms with E-state index in [-0.39, 0.29) is 29.3 Å². The Bertz CT molecular complexity index is 926. The predicted molar refractivity (Wildman–Crippen MR) is 113 cm³/mol. The van der Waals surface area contributed by atoms with Crippen molar-refractivity contribution in [2.45, 2.75) is 23.8 Å². The van der Waals surface area contributed by atoms with Gasteiger partial charge in [0.25, 0.3) is 0 Å². The second-order valence-corrected chi connectivity index (χ2v) is 9.56. The van der Waals surface area contributed by atoms with Gasteiger partial charge in [0.15, 0.2) is 0 Å². The number of sulfonamides is 1. The molecule has 1 aliphatic heterocycles. The number of nitrogens with zero attached hydrogens (tertiary/aromatic N) is 2. The van der Waals surface area contributed by atoms with Crippen molar-refractivity contribution < 1.29 is 22.4 Å². The van der Waals surface area contributed by atoms with Crippen LogP contribution in [0.4, 0.5) is 0 Å². The summed E-state index contributed by atoms with van der Waals surface area (Å²) in [4.78, 5) is 15.0.